The molecule has 110 valence electrons. The molecule has 2 aliphatic rings. The van der Waals surface area contributed by atoms with Crippen molar-refractivity contribution in [2.75, 3.05) is 26.0 Å². The fraction of sp³-hybridized carbons (Fsp3) is 0.733. The topological polar surface area (TPSA) is 50.3 Å². The highest BCUT2D eigenvalue weighted by molar-refractivity contribution is 5.30. The molecule has 1 aromatic rings. The number of hydrogen-bond donors (Lipinski definition) is 1. The molecule has 2 atom stereocenters. The molecule has 1 aromatic heterocycles. The van der Waals surface area contributed by atoms with E-state index in [-0.39, 0.29) is 0 Å². The summed E-state index contributed by atoms with van der Waals surface area (Å²) in [7, 11) is 3.92. The van der Waals surface area contributed by atoms with Gasteiger partial charge in [-0.15, -0.1) is 0 Å². The summed E-state index contributed by atoms with van der Waals surface area (Å²) in [6.07, 6.45) is 5.32. The molecule has 0 amide bonds. The van der Waals surface area contributed by atoms with Gasteiger partial charge in [0.25, 0.3) is 0 Å². The standard InChI is InChI=1S/C15H24N4O/c1-10-6-14(20-3)18-15(17-10)16-9-11-7-12-4-5-13(8-11)19(12)2/h6,11-13H,4-5,7-9H2,1-3H3,(H,16,17,18). The second-order valence-corrected chi connectivity index (χ2v) is 6.14. The highest BCUT2D eigenvalue weighted by atomic mass is 16.5. The first-order chi connectivity index (χ1) is 9.65. The van der Waals surface area contributed by atoms with Crippen molar-refractivity contribution >= 4 is 5.95 Å². The number of nitrogens with zero attached hydrogens (tertiary/aromatic N) is 3. The molecular weight excluding hydrogens is 252 g/mol. The van der Waals surface area contributed by atoms with Gasteiger partial charge in [0.2, 0.25) is 11.8 Å². The Morgan fingerprint density at radius 1 is 1.30 bits per heavy atom. The highest BCUT2D eigenvalue weighted by Crippen LogP contribution is 2.37. The third kappa shape index (κ3) is 2.73. The molecular formula is C15H24N4O. The van der Waals surface area contributed by atoms with Crippen LogP contribution in [0.5, 0.6) is 5.88 Å². The van der Waals surface area contributed by atoms with Crippen LogP contribution < -0.4 is 10.1 Å². The van der Waals surface area contributed by atoms with E-state index >= 15 is 0 Å². The number of aryl methyl sites for hydroxylation is 1. The van der Waals surface area contributed by atoms with Crippen molar-refractivity contribution in [3.05, 3.63) is 11.8 Å². The molecule has 0 aromatic carbocycles. The SMILES string of the molecule is COc1cc(C)nc(NCC2CC3CCC(C2)N3C)n1. The molecule has 2 aliphatic heterocycles. The van der Waals surface area contributed by atoms with Crippen LogP contribution in [0.1, 0.15) is 31.4 Å². The van der Waals surface area contributed by atoms with E-state index in [1.807, 2.05) is 13.0 Å². The molecule has 0 saturated carbocycles. The molecule has 0 spiro atoms. The maximum absolute atomic E-state index is 5.19. The Hall–Kier alpha value is -1.36. The van der Waals surface area contributed by atoms with Gasteiger partial charge >= 0.3 is 0 Å². The summed E-state index contributed by atoms with van der Waals surface area (Å²) < 4.78 is 5.19. The van der Waals surface area contributed by atoms with Gasteiger partial charge in [0.05, 0.1) is 7.11 Å². The molecule has 0 aliphatic carbocycles. The Labute approximate surface area is 120 Å². The molecule has 2 saturated heterocycles. The molecule has 2 fully saturated rings. The van der Waals surface area contributed by atoms with Gasteiger partial charge in [-0.3, -0.25) is 0 Å². The van der Waals surface area contributed by atoms with E-state index in [2.05, 4.69) is 27.2 Å². The first-order valence-corrected chi connectivity index (χ1v) is 7.51. The Kier molecular flexibility index (Phi) is 3.78. The van der Waals surface area contributed by atoms with Crippen LogP contribution in [0.3, 0.4) is 0 Å². The van der Waals surface area contributed by atoms with Crippen LogP contribution in [0.15, 0.2) is 6.07 Å². The van der Waals surface area contributed by atoms with Crippen LogP contribution in [0, 0.1) is 12.8 Å². The number of rotatable bonds is 4. The van der Waals surface area contributed by atoms with Crippen LogP contribution in [-0.2, 0) is 0 Å². The van der Waals surface area contributed by atoms with Crippen molar-refractivity contribution in [2.45, 2.75) is 44.7 Å². The molecule has 5 heteroatoms. The number of fused-ring (bicyclic) bond motifs is 2. The van der Waals surface area contributed by atoms with E-state index in [1.165, 1.54) is 25.7 Å². The monoisotopic (exact) mass is 276 g/mol. The van der Waals surface area contributed by atoms with Gasteiger partial charge in [-0.25, -0.2) is 4.98 Å². The van der Waals surface area contributed by atoms with Gasteiger partial charge in [0.1, 0.15) is 0 Å². The average Bonchev–Trinajstić information content (AvgIpc) is 2.66. The van der Waals surface area contributed by atoms with E-state index in [4.69, 9.17) is 4.74 Å². The largest absolute Gasteiger partial charge is 0.481 e. The molecule has 20 heavy (non-hydrogen) atoms. The van der Waals surface area contributed by atoms with Crippen LogP contribution in [-0.4, -0.2) is 47.7 Å². The molecule has 1 N–H and O–H groups in total. The zero-order chi connectivity index (χ0) is 14.1. The molecule has 3 heterocycles. The van der Waals surface area contributed by atoms with Crippen LogP contribution in [0.4, 0.5) is 5.95 Å². The summed E-state index contributed by atoms with van der Waals surface area (Å²) in [5, 5.41) is 3.39. The number of hydrogen-bond acceptors (Lipinski definition) is 5. The van der Waals surface area contributed by atoms with Gasteiger partial charge in [-0.2, -0.15) is 4.98 Å². The number of aromatic nitrogens is 2. The van der Waals surface area contributed by atoms with E-state index in [0.29, 0.717) is 11.8 Å². The maximum atomic E-state index is 5.19. The third-order valence-electron chi connectivity index (χ3n) is 4.78. The quantitative estimate of drug-likeness (QED) is 0.912. The van der Waals surface area contributed by atoms with E-state index in [1.54, 1.807) is 7.11 Å². The first-order valence-electron chi connectivity index (χ1n) is 7.51. The van der Waals surface area contributed by atoms with Crippen molar-refractivity contribution in [2.24, 2.45) is 5.92 Å². The summed E-state index contributed by atoms with van der Waals surface area (Å²) in [6, 6.07) is 3.42. The zero-order valence-electron chi connectivity index (χ0n) is 12.6. The minimum absolute atomic E-state index is 0.628. The summed E-state index contributed by atoms with van der Waals surface area (Å²) in [5.41, 5.74) is 0.933. The predicted molar refractivity (Wildman–Crippen MR) is 79.1 cm³/mol. The normalized spacial score (nSPS) is 29.4. The lowest BCUT2D eigenvalue weighted by Gasteiger charge is -2.36. The number of piperidine rings is 1. The van der Waals surface area contributed by atoms with Crippen LogP contribution in [0.2, 0.25) is 0 Å². The summed E-state index contributed by atoms with van der Waals surface area (Å²) >= 11 is 0. The lowest BCUT2D eigenvalue weighted by molar-refractivity contribution is 0.139. The van der Waals surface area contributed by atoms with E-state index in [9.17, 15) is 0 Å². The Balaban J connectivity index is 1.59. The van der Waals surface area contributed by atoms with E-state index in [0.717, 1.165) is 30.2 Å². The molecule has 0 radical (unpaired) electrons. The number of anilines is 1. The van der Waals surface area contributed by atoms with Gasteiger partial charge < -0.3 is 15.0 Å². The summed E-state index contributed by atoms with van der Waals surface area (Å²) in [4.78, 5) is 11.3. The number of nitrogens with one attached hydrogen (secondary N) is 1. The predicted octanol–water partition coefficient (Wildman–Crippen LogP) is 2.08. The van der Waals surface area contributed by atoms with Gasteiger partial charge in [0, 0.05) is 30.4 Å². The maximum Gasteiger partial charge on any atom is 0.226 e. The summed E-state index contributed by atoms with van der Waals surface area (Å²) in [6.45, 7) is 2.93. The van der Waals surface area contributed by atoms with Crippen LogP contribution >= 0.6 is 0 Å². The third-order valence-corrected chi connectivity index (χ3v) is 4.78. The number of methoxy groups -OCH3 is 1. The van der Waals surface area contributed by atoms with Crippen molar-refractivity contribution < 1.29 is 4.74 Å². The fourth-order valence-electron chi connectivity index (χ4n) is 3.65. The van der Waals surface area contributed by atoms with Crippen molar-refractivity contribution in [1.82, 2.24) is 14.9 Å². The van der Waals surface area contributed by atoms with Crippen LogP contribution in [0.25, 0.3) is 0 Å². The van der Waals surface area contributed by atoms with Crippen molar-refractivity contribution in [3.63, 3.8) is 0 Å². The molecule has 2 unspecified atom stereocenters. The van der Waals surface area contributed by atoms with Crippen molar-refractivity contribution in [3.8, 4) is 5.88 Å². The molecule has 5 nitrogen and oxygen atoms in total. The Morgan fingerprint density at radius 3 is 2.65 bits per heavy atom. The lowest BCUT2D eigenvalue weighted by atomic mass is 9.91. The minimum atomic E-state index is 0.628. The Bertz CT molecular complexity index is 465. The fourth-order valence-corrected chi connectivity index (χ4v) is 3.65. The lowest BCUT2D eigenvalue weighted by Crippen LogP contribution is -2.41. The second-order valence-electron chi connectivity index (χ2n) is 6.14. The van der Waals surface area contributed by atoms with Gasteiger partial charge in [-0.05, 0) is 45.6 Å². The van der Waals surface area contributed by atoms with Crippen molar-refractivity contribution in [1.29, 1.82) is 0 Å². The van der Waals surface area contributed by atoms with Gasteiger partial charge in [0.15, 0.2) is 0 Å². The van der Waals surface area contributed by atoms with Gasteiger partial charge in [-0.1, -0.05) is 0 Å². The van der Waals surface area contributed by atoms with E-state index < -0.39 is 0 Å². The first kappa shape index (κ1) is 13.6. The molecule has 2 bridgehead atoms. The summed E-state index contributed by atoms with van der Waals surface area (Å²) in [5.74, 6) is 2.05. The second kappa shape index (κ2) is 5.56. The smallest absolute Gasteiger partial charge is 0.226 e. The molecule has 3 rings (SSSR count). The average molecular weight is 276 g/mol. The minimum Gasteiger partial charge on any atom is -0.481 e. The number of ether oxygens (including phenoxy) is 1. The Morgan fingerprint density at radius 2 is 2.00 bits per heavy atom. The zero-order valence-corrected chi connectivity index (χ0v) is 12.6. The highest BCUT2D eigenvalue weighted by Gasteiger charge is 2.38.